The molecule has 0 bridgehead atoms. The Morgan fingerprint density at radius 3 is 2.24 bits per heavy atom. The Kier molecular flexibility index (Phi) is 10.7. The van der Waals surface area contributed by atoms with E-state index in [2.05, 4.69) is 56.9 Å². The van der Waals surface area contributed by atoms with Crippen molar-refractivity contribution in [1.82, 2.24) is 14.9 Å². The van der Waals surface area contributed by atoms with Crippen molar-refractivity contribution in [2.75, 3.05) is 73.6 Å². The van der Waals surface area contributed by atoms with Gasteiger partial charge in [0.1, 0.15) is 35.4 Å². The standard InChI is InChI=1S/C44H58N6O4/c1-32-12-15-37(54-31-33-10-4-3-5-11-33)27-34(32)13-14-35-26-36(51)29-43(2)38(35)16-17-44(43,53)39(52)30-47-22-24-49(25-23-47)41-28-40(48-18-6-7-19-48)45-42(46-41)50-20-8-9-21-50/h3-5,10-12,15,27-28,35,38,53H,6-9,13-14,16-26,29-31H2,1-2H3. The van der Waals surface area contributed by atoms with Crippen molar-refractivity contribution in [2.24, 2.45) is 17.3 Å². The van der Waals surface area contributed by atoms with Crippen LogP contribution in [-0.4, -0.2) is 96.0 Å². The molecule has 0 amide bonds. The number of benzene rings is 2. The quantitative estimate of drug-likeness (QED) is 0.238. The average Bonchev–Trinajstić information content (AvgIpc) is 3.97. The van der Waals surface area contributed by atoms with Gasteiger partial charge < -0.3 is 24.5 Å². The molecule has 8 rings (SSSR count). The fraction of sp³-hybridized carbons (Fsp3) is 0.591. The molecule has 3 aromatic rings. The number of fused-ring (bicyclic) bond motifs is 1. The molecule has 1 aromatic heterocycles. The number of ketones is 2. The van der Waals surface area contributed by atoms with Crippen molar-refractivity contribution in [3.63, 3.8) is 0 Å². The maximum atomic E-state index is 14.2. The van der Waals surface area contributed by atoms with E-state index in [9.17, 15) is 14.7 Å². The van der Waals surface area contributed by atoms with Gasteiger partial charge in [0.2, 0.25) is 5.95 Å². The van der Waals surface area contributed by atoms with Gasteiger partial charge in [-0.25, -0.2) is 0 Å². The zero-order valence-electron chi connectivity index (χ0n) is 32.3. The Morgan fingerprint density at radius 1 is 0.870 bits per heavy atom. The Labute approximate surface area is 320 Å². The fourth-order valence-electron chi connectivity index (χ4n) is 10.3. The number of rotatable bonds is 12. The topological polar surface area (TPSA) is 102 Å². The molecule has 3 aliphatic heterocycles. The van der Waals surface area contributed by atoms with E-state index < -0.39 is 11.0 Å². The minimum Gasteiger partial charge on any atom is -0.489 e. The molecule has 3 saturated heterocycles. The van der Waals surface area contributed by atoms with Crippen LogP contribution in [0.1, 0.15) is 81.4 Å². The average molecular weight is 735 g/mol. The lowest BCUT2D eigenvalue weighted by Gasteiger charge is -2.48. The zero-order chi connectivity index (χ0) is 37.3. The van der Waals surface area contributed by atoms with E-state index >= 15 is 0 Å². The van der Waals surface area contributed by atoms with Crippen LogP contribution in [0.25, 0.3) is 0 Å². The molecule has 2 saturated carbocycles. The number of Topliss-reactive ketones (excluding diaryl/α,β-unsaturated/α-hetero) is 2. The lowest BCUT2D eigenvalue weighted by molar-refractivity contribution is -0.160. The molecule has 2 aromatic carbocycles. The summed E-state index contributed by atoms with van der Waals surface area (Å²) in [5.41, 5.74) is 1.33. The molecule has 10 nitrogen and oxygen atoms in total. The van der Waals surface area contributed by atoms with Crippen molar-refractivity contribution >= 4 is 29.2 Å². The molecule has 5 aliphatic rings. The van der Waals surface area contributed by atoms with Crippen molar-refractivity contribution in [1.29, 1.82) is 0 Å². The molecule has 4 unspecified atom stereocenters. The summed E-state index contributed by atoms with van der Waals surface area (Å²) in [4.78, 5) is 46.9. The SMILES string of the molecule is Cc1ccc(OCc2ccccc2)cc1CCC1CC(=O)CC2(C)C1CCC2(O)C(=O)CN1CCN(c2cc(N3CCCC3)nc(N3CCCC3)n2)CC1. The first-order valence-corrected chi connectivity index (χ1v) is 20.6. The number of nitrogens with zero attached hydrogens (tertiary/aromatic N) is 6. The van der Waals surface area contributed by atoms with Gasteiger partial charge in [0, 0.05) is 76.7 Å². The van der Waals surface area contributed by atoms with Gasteiger partial charge >= 0.3 is 0 Å². The molecule has 0 spiro atoms. The predicted molar refractivity (Wildman–Crippen MR) is 212 cm³/mol. The van der Waals surface area contributed by atoms with E-state index in [1.54, 1.807) is 0 Å². The van der Waals surface area contributed by atoms with Gasteiger partial charge in [-0.2, -0.15) is 9.97 Å². The Hall–Kier alpha value is -4.02. The molecule has 5 fully saturated rings. The van der Waals surface area contributed by atoms with E-state index in [0.717, 1.165) is 101 Å². The van der Waals surface area contributed by atoms with Gasteiger partial charge in [-0.05, 0) is 98.9 Å². The zero-order valence-corrected chi connectivity index (χ0v) is 32.3. The molecule has 4 atom stereocenters. The van der Waals surface area contributed by atoms with Crippen molar-refractivity contribution in [2.45, 2.75) is 90.3 Å². The summed E-state index contributed by atoms with van der Waals surface area (Å²) in [6.45, 7) is 12.0. The lowest BCUT2D eigenvalue weighted by atomic mass is 9.57. The van der Waals surface area contributed by atoms with Gasteiger partial charge in [-0.1, -0.05) is 43.3 Å². The van der Waals surface area contributed by atoms with Crippen LogP contribution < -0.4 is 19.4 Å². The molecular weight excluding hydrogens is 677 g/mol. The Bertz CT molecular complexity index is 1770. The van der Waals surface area contributed by atoms with Crippen molar-refractivity contribution in [3.05, 3.63) is 71.3 Å². The van der Waals surface area contributed by atoms with Crippen LogP contribution in [0.15, 0.2) is 54.6 Å². The third-order valence-electron chi connectivity index (χ3n) is 13.6. The van der Waals surface area contributed by atoms with E-state index in [1.807, 2.05) is 31.2 Å². The second-order valence-electron chi connectivity index (χ2n) is 17.0. The summed E-state index contributed by atoms with van der Waals surface area (Å²) < 4.78 is 6.13. The number of aryl methyl sites for hydroxylation is 2. The minimum atomic E-state index is -1.49. The minimum absolute atomic E-state index is 0.122. The molecule has 288 valence electrons. The highest BCUT2D eigenvalue weighted by atomic mass is 16.5. The third kappa shape index (κ3) is 7.48. The van der Waals surface area contributed by atoms with Gasteiger partial charge in [0.25, 0.3) is 0 Å². The normalized spacial score (nSPS) is 27.5. The first-order chi connectivity index (χ1) is 26.2. The predicted octanol–water partition coefficient (Wildman–Crippen LogP) is 6.01. The Morgan fingerprint density at radius 2 is 1.54 bits per heavy atom. The second kappa shape index (κ2) is 15.6. The number of carbonyl (C=O) groups is 2. The number of ether oxygens (including phenoxy) is 1. The highest BCUT2D eigenvalue weighted by Crippen LogP contribution is 2.59. The molecule has 1 N–H and O–H groups in total. The van der Waals surface area contributed by atoms with Crippen LogP contribution in [0, 0.1) is 24.2 Å². The summed E-state index contributed by atoms with van der Waals surface area (Å²) in [6, 6.07) is 18.6. The van der Waals surface area contributed by atoms with Crippen molar-refractivity contribution < 1.29 is 19.4 Å². The summed E-state index contributed by atoms with van der Waals surface area (Å²) in [5.74, 6) is 4.00. The highest BCUT2D eigenvalue weighted by Gasteiger charge is 2.63. The third-order valence-corrected chi connectivity index (χ3v) is 13.6. The van der Waals surface area contributed by atoms with Gasteiger partial charge in [-0.15, -0.1) is 0 Å². The first kappa shape index (κ1) is 36.9. The molecule has 0 radical (unpaired) electrons. The van der Waals surface area contributed by atoms with Gasteiger partial charge in [-0.3, -0.25) is 14.5 Å². The summed E-state index contributed by atoms with van der Waals surface area (Å²) >= 11 is 0. The monoisotopic (exact) mass is 734 g/mol. The second-order valence-corrected chi connectivity index (χ2v) is 17.0. The van der Waals surface area contributed by atoms with E-state index in [0.29, 0.717) is 19.4 Å². The number of piperazine rings is 1. The molecule has 54 heavy (non-hydrogen) atoms. The molecule has 2 aliphatic carbocycles. The Balaban J connectivity index is 0.894. The summed E-state index contributed by atoms with van der Waals surface area (Å²) in [5, 5.41) is 12.3. The van der Waals surface area contributed by atoms with E-state index in [1.165, 1.54) is 36.8 Å². The number of hydrogen-bond acceptors (Lipinski definition) is 10. The van der Waals surface area contributed by atoms with Crippen LogP contribution in [0.3, 0.4) is 0 Å². The van der Waals surface area contributed by atoms with Crippen LogP contribution >= 0.6 is 0 Å². The summed E-state index contributed by atoms with van der Waals surface area (Å²) in [6.07, 6.45) is 8.45. The van der Waals surface area contributed by atoms with E-state index in [4.69, 9.17) is 14.7 Å². The number of aromatic nitrogens is 2. The van der Waals surface area contributed by atoms with Crippen molar-refractivity contribution in [3.8, 4) is 5.75 Å². The van der Waals surface area contributed by atoms with Crippen LogP contribution in [0.4, 0.5) is 17.6 Å². The lowest BCUT2D eigenvalue weighted by Crippen LogP contribution is -2.58. The van der Waals surface area contributed by atoms with Crippen LogP contribution in [0.5, 0.6) is 5.75 Å². The smallest absolute Gasteiger partial charge is 0.229 e. The fourth-order valence-corrected chi connectivity index (χ4v) is 10.3. The molecule has 4 heterocycles. The van der Waals surface area contributed by atoms with Crippen LogP contribution in [0.2, 0.25) is 0 Å². The maximum Gasteiger partial charge on any atom is 0.229 e. The molecular formula is C44H58N6O4. The summed E-state index contributed by atoms with van der Waals surface area (Å²) in [7, 11) is 0. The first-order valence-electron chi connectivity index (χ1n) is 20.6. The maximum absolute atomic E-state index is 14.2. The number of aliphatic hydroxyl groups is 1. The number of carbonyl (C=O) groups excluding carboxylic acids is 2. The van der Waals surface area contributed by atoms with Gasteiger partial charge in [0.15, 0.2) is 5.78 Å². The highest BCUT2D eigenvalue weighted by molar-refractivity contribution is 5.92. The largest absolute Gasteiger partial charge is 0.489 e. The van der Waals surface area contributed by atoms with Crippen LogP contribution in [-0.2, 0) is 22.6 Å². The number of hydrogen-bond donors (Lipinski definition) is 1. The number of anilines is 3. The van der Waals surface area contributed by atoms with E-state index in [-0.39, 0.29) is 36.4 Å². The molecule has 10 heteroatoms. The van der Waals surface area contributed by atoms with Gasteiger partial charge in [0.05, 0.1) is 6.54 Å².